The third kappa shape index (κ3) is 2.85. The third-order valence-corrected chi connectivity index (χ3v) is 3.13. The Balaban J connectivity index is 2.13. The van der Waals surface area contributed by atoms with Crippen molar-refractivity contribution in [3.05, 3.63) is 12.3 Å². The van der Waals surface area contributed by atoms with Crippen molar-refractivity contribution in [3.63, 3.8) is 0 Å². The van der Waals surface area contributed by atoms with Crippen LogP contribution in [0.5, 0.6) is 0 Å². The quantitative estimate of drug-likeness (QED) is 0.778. The first-order valence-electron chi connectivity index (χ1n) is 6.29. The zero-order valence-corrected chi connectivity index (χ0v) is 10.3. The van der Waals surface area contributed by atoms with E-state index in [1.165, 1.54) is 19.3 Å². The van der Waals surface area contributed by atoms with Gasteiger partial charge < -0.3 is 15.3 Å². The number of hydrogen-bond acceptors (Lipinski definition) is 5. The van der Waals surface area contributed by atoms with Crippen LogP contribution >= 0.6 is 0 Å². The number of aliphatic hydroxyl groups excluding tert-OH is 1. The summed E-state index contributed by atoms with van der Waals surface area (Å²) in [6, 6.07) is 2.45. The molecule has 2 rings (SSSR count). The number of anilines is 2. The summed E-state index contributed by atoms with van der Waals surface area (Å²) >= 11 is 0. The van der Waals surface area contributed by atoms with E-state index in [0.29, 0.717) is 18.5 Å². The second kappa shape index (κ2) is 5.82. The van der Waals surface area contributed by atoms with Crippen LogP contribution in [0.1, 0.15) is 26.2 Å². The predicted octanol–water partition coefficient (Wildman–Crippen LogP) is 1.26. The molecule has 0 aromatic carbocycles. The van der Waals surface area contributed by atoms with Gasteiger partial charge in [0.05, 0.1) is 6.61 Å². The minimum absolute atomic E-state index is 0.164. The Morgan fingerprint density at radius 1 is 1.53 bits per heavy atom. The molecule has 1 aliphatic carbocycles. The van der Waals surface area contributed by atoms with Gasteiger partial charge in [-0.25, -0.2) is 4.98 Å². The van der Waals surface area contributed by atoms with E-state index in [1.807, 2.05) is 13.0 Å². The predicted molar refractivity (Wildman–Crippen MR) is 68.3 cm³/mol. The molecule has 1 saturated carbocycles. The Morgan fingerprint density at radius 3 is 2.94 bits per heavy atom. The molecule has 17 heavy (non-hydrogen) atoms. The van der Waals surface area contributed by atoms with E-state index in [0.717, 1.165) is 12.4 Å². The normalized spacial score (nSPS) is 15.4. The van der Waals surface area contributed by atoms with Crippen molar-refractivity contribution >= 4 is 11.8 Å². The second-order valence-corrected chi connectivity index (χ2v) is 4.27. The van der Waals surface area contributed by atoms with E-state index < -0.39 is 0 Å². The first-order chi connectivity index (χ1) is 8.35. The fourth-order valence-corrected chi connectivity index (χ4v) is 2.04. The lowest BCUT2D eigenvalue weighted by Gasteiger charge is -2.38. The molecule has 0 saturated heterocycles. The highest BCUT2D eigenvalue weighted by molar-refractivity contribution is 5.44. The van der Waals surface area contributed by atoms with Gasteiger partial charge in [-0.1, -0.05) is 0 Å². The van der Waals surface area contributed by atoms with Crippen LogP contribution in [0, 0.1) is 0 Å². The summed E-state index contributed by atoms with van der Waals surface area (Å²) in [5.74, 6) is 1.57. The lowest BCUT2D eigenvalue weighted by molar-refractivity contribution is 0.283. The minimum atomic E-state index is 0.164. The van der Waals surface area contributed by atoms with Crippen LogP contribution in [0.2, 0.25) is 0 Å². The molecule has 0 amide bonds. The van der Waals surface area contributed by atoms with E-state index in [4.69, 9.17) is 5.11 Å². The lowest BCUT2D eigenvalue weighted by Crippen LogP contribution is -2.42. The number of aromatic nitrogens is 2. The van der Waals surface area contributed by atoms with Crippen LogP contribution in [-0.2, 0) is 0 Å². The van der Waals surface area contributed by atoms with Gasteiger partial charge in [-0.05, 0) is 32.3 Å². The molecule has 1 heterocycles. The highest BCUT2D eigenvalue weighted by Gasteiger charge is 2.25. The molecule has 0 bridgehead atoms. The molecule has 2 N–H and O–H groups in total. The van der Waals surface area contributed by atoms with E-state index in [-0.39, 0.29) is 6.61 Å². The first-order valence-corrected chi connectivity index (χ1v) is 6.29. The highest BCUT2D eigenvalue weighted by atomic mass is 16.3. The van der Waals surface area contributed by atoms with Crippen molar-refractivity contribution in [1.29, 1.82) is 0 Å². The van der Waals surface area contributed by atoms with Gasteiger partial charge in [0.2, 0.25) is 5.95 Å². The maximum Gasteiger partial charge on any atom is 0.224 e. The van der Waals surface area contributed by atoms with Gasteiger partial charge in [0.15, 0.2) is 0 Å². The summed E-state index contributed by atoms with van der Waals surface area (Å²) in [4.78, 5) is 10.8. The molecule has 0 aliphatic heterocycles. The molecule has 0 atom stereocenters. The van der Waals surface area contributed by atoms with Crippen molar-refractivity contribution in [2.24, 2.45) is 0 Å². The lowest BCUT2D eigenvalue weighted by atomic mass is 9.91. The van der Waals surface area contributed by atoms with Gasteiger partial charge in [-0.15, -0.1) is 0 Å². The summed E-state index contributed by atoms with van der Waals surface area (Å²) in [5, 5.41) is 12.2. The Labute approximate surface area is 102 Å². The molecule has 5 nitrogen and oxygen atoms in total. The molecular formula is C12H20N4O. The molecule has 1 aliphatic rings. The molecular weight excluding hydrogens is 216 g/mol. The Hall–Kier alpha value is -1.36. The summed E-state index contributed by atoms with van der Waals surface area (Å²) < 4.78 is 0. The summed E-state index contributed by atoms with van der Waals surface area (Å²) in [5.41, 5.74) is 0. The molecule has 0 unspecified atom stereocenters. The number of rotatable bonds is 6. The van der Waals surface area contributed by atoms with E-state index in [1.54, 1.807) is 6.20 Å². The molecule has 0 radical (unpaired) electrons. The highest BCUT2D eigenvalue weighted by Crippen LogP contribution is 2.28. The van der Waals surface area contributed by atoms with Crippen molar-refractivity contribution < 1.29 is 5.11 Å². The SMILES string of the molecule is CCNc1nccc(N(CCO)C2CCC2)n1. The third-order valence-electron chi connectivity index (χ3n) is 3.13. The van der Waals surface area contributed by atoms with Crippen LogP contribution in [0.25, 0.3) is 0 Å². The molecule has 0 spiro atoms. The number of aliphatic hydroxyl groups is 1. The zero-order chi connectivity index (χ0) is 12.1. The number of hydrogen-bond donors (Lipinski definition) is 2. The molecule has 94 valence electrons. The smallest absolute Gasteiger partial charge is 0.224 e. The maximum atomic E-state index is 9.14. The van der Waals surface area contributed by atoms with Gasteiger partial charge in [0, 0.05) is 25.3 Å². The van der Waals surface area contributed by atoms with Gasteiger partial charge in [0.1, 0.15) is 5.82 Å². The van der Waals surface area contributed by atoms with Crippen LogP contribution in [0.15, 0.2) is 12.3 Å². The summed E-state index contributed by atoms with van der Waals surface area (Å²) in [6.07, 6.45) is 5.43. The largest absolute Gasteiger partial charge is 0.395 e. The van der Waals surface area contributed by atoms with Crippen molar-refractivity contribution in [3.8, 4) is 0 Å². The maximum absolute atomic E-state index is 9.14. The van der Waals surface area contributed by atoms with E-state index >= 15 is 0 Å². The van der Waals surface area contributed by atoms with Gasteiger partial charge in [0.25, 0.3) is 0 Å². The van der Waals surface area contributed by atoms with Crippen molar-refractivity contribution in [2.45, 2.75) is 32.2 Å². The van der Waals surface area contributed by atoms with E-state index in [9.17, 15) is 0 Å². The summed E-state index contributed by atoms with van der Waals surface area (Å²) in [7, 11) is 0. The van der Waals surface area contributed by atoms with Crippen molar-refractivity contribution in [1.82, 2.24) is 9.97 Å². The number of nitrogens with zero attached hydrogens (tertiary/aromatic N) is 3. The zero-order valence-electron chi connectivity index (χ0n) is 10.3. The topological polar surface area (TPSA) is 61.3 Å². The average Bonchev–Trinajstić information content (AvgIpc) is 2.27. The van der Waals surface area contributed by atoms with Crippen LogP contribution in [0.4, 0.5) is 11.8 Å². The van der Waals surface area contributed by atoms with Gasteiger partial charge in [-0.3, -0.25) is 0 Å². The van der Waals surface area contributed by atoms with Crippen LogP contribution < -0.4 is 10.2 Å². The monoisotopic (exact) mass is 236 g/mol. The standard InChI is InChI=1S/C12H20N4O/c1-2-13-12-14-7-6-11(15-12)16(8-9-17)10-4-3-5-10/h6-7,10,17H,2-5,8-9H2,1H3,(H,13,14,15). The first kappa shape index (κ1) is 12.1. The van der Waals surface area contributed by atoms with Crippen molar-refractivity contribution in [2.75, 3.05) is 29.9 Å². The average molecular weight is 236 g/mol. The second-order valence-electron chi connectivity index (χ2n) is 4.27. The molecule has 5 heteroatoms. The van der Waals surface area contributed by atoms with Crippen LogP contribution in [-0.4, -0.2) is 40.8 Å². The Bertz CT molecular complexity index is 354. The van der Waals surface area contributed by atoms with Crippen LogP contribution in [0.3, 0.4) is 0 Å². The molecule has 1 aromatic rings. The number of nitrogens with one attached hydrogen (secondary N) is 1. The van der Waals surface area contributed by atoms with E-state index in [2.05, 4.69) is 20.2 Å². The fourth-order valence-electron chi connectivity index (χ4n) is 2.04. The van der Waals surface area contributed by atoms with Gasteiger partial charge >= 0.3 is 0 Å². The molecule has 1 aromatic heterocycles. The molecule has 1 fully saturated rings. The Kier molecular flexibility index (Phi) is 4.14. The minimum Gasteiger partial charge on any atom is -0.395 e. The summed E-state index contributed by atoms with van der Waals surface area (Å²) in [6.45, 7) is 3.64. The Morgan fingerprint density at radius 2 is 2.35 bits per heavy atom. The van der Waals surface area contributed by atoms with Gasteiger partial charge in [-0.2, -0.15) is 4.98 Å². The fraction of sp³-hybridized carbons (Fsp3) is 0.667.